The van der Waals surface area contributed by atoms with Gasteiger partial charge in [0.1, 0.15) is 0 Å². The van der Waals surface area contributed by atoms with Gasteiger partial charge in [-0.15, -0.1) is 0 Å². The predicted octanol–water partition coefficient (Wildman–Crippen LogP) is 2.20. The minimum absolute atomic E-state index is 0.113. The molecule has 20 heavy (non-hydrogen) atoms. The van der Waals surface area contributed by atoms with Crippen LogP contribution in [-0.4, -0.2) is 23.5 Å². The van der Waals surface area contributed by atoms with Crippen molar-refractivity contribution in [3.63, 3.8) is 0 Å². The molecule has 5 heteroatoms. The van der Waals surface area contributed by atoms with Gasteiger partial charge >= 0.3 is 5.97 Å². The molecule has 0 saturated heterocycles. The molecule has 0 heterocycles. The zero-order valence-electron chi connectivity index (χ0n) is 12.2. The second-order valence-electron chi connectivity index (χ2n) is 5.05. The Morgan fingerprint density at radius 1 is 1.30 bits per heavy atom. The molecule has 0 fully saturated rings. The molecule has 0 aromatic heterocycles. The average Bonchev–Trinajstić information content (AvgIpc) is 2.43. The summed E-state index contributed by atoms with van der Waals surface area (Å²) in [6.07, 6.45) is 0.935. The van der Waals surface area contributed by atoms with E-state index in [1.807, 2.05) is 20.8 Å². The third-order valence-corrected chi connectivity index (χ3v) is 3.94. The normalized spacial score (nSPS) is 11.2. The maximum atomic E-state index is 12.0. The Morgan fingerprint density at radius 3 is 2.35 bits per heavy atom. The number of carboxylic acid groups (broad SMARTS) is 1. The molecule has 110 valence electrons. The second kappa shape index (κ2) is 6.41. The number of rotatable bonds is 6. The highest BCUT2D eigenvalue weighted by atomic mass is 16.4. The minimum Gasteiger partial charge on any atom is -0.481 e. The van der Waals surface area contributed by atoms with Gasteiger partial charge in [-0.2, -0.15) is 0 Å². The van der Waals surface area contributed by atoms with Gasteiger partial charge in [0.2, 0.25) is 0 Å². The smallest absolute Gasteiger partial charge is 0.311 e. The van der Waals surface area contributed by atoms with Gasteiger partial charge in [-0.05, 0) is 37.5 Å². The summed E-state index contributed by atoms with van der Waals surface area (Å²) in [7, 11) is 0. The van der Waals surface area contributed by atoms with Crippen LogP contribution in [0, 0.1) is 12.3 Å². The Morgan fingerprint density at radius 2 is 1.90 bits per heavy atom. The molecular weight excluding hydrogens is 256 g/mol. The Labute approximate surface area is 119 Å². The van der Waals surface area contributed by atoms with E-state index in [-0.39, 0.29) is 12.5 Å². The van der Waals surface area contributed by atoms with E-state index < -0.39 is 11.4 Å². The van der Waals surface area contributed by atoms with Crippen LogP contribution in [0.5, 0.6) is 0 Å². The zero-order valence-corrected chi connectivity index (χ0v) is 12.2. The lowest BCUT2D eigenvalue weighted by molar-refractivity contribution is -0.149. The molecule has 1 aromatic carbocycles. The molecular formula is C15H22N2O3. The number of hydrogen-bond acceptors (Lipinski definition) is 3. The summed E-state index contributed by atoms with van der Waals surface area (Å²) in [4.78, 5) is 23.4. The molecule has 1 rings (SSSR count). The molecule has 0 bridgehead atoms. The molecule has 1 amide bonds. The van der Waals surface area contributed by atoms with Crippen LogP contribution in [0.15, 0.2) is 18.2 Å². The van der Waals surface area contributed by atoms with Gasteiger partial charge in [-0.1, -0.05) is 19.9 Å². The highest BCUT2D eigenvalue weighted by Crippen LogP contribution is 2.25. The monoisotopic (exact) mass is 278 g/mol. The van der Waals surface area contributed by atoms with E-state index in [1.165, 1.54) is 0 Å². The summed E-state index contributed by atoms with van der Waals surface area (Å²) in [5.41, 5.74) is 6.76. The Kier molecular flexibility index (Phi) is 5.13. The van der Waals surface area contributed by atoms with E-state index in [9.17, 15) is 14.7 Å². The van der Waals surface area contributed by atoms with E-state index in [2.05, 4.69) is 5.32 Å². The number of benzene rings is 1. The lowest BCUT2D eigenvalue weighted by atomic mass is 9.82. The maximum absolute atomic E-state index is 12.0. The van der Waals surface area contributed by atoms with Crippen molar-refractivity contribution in [3.8, 4) is 0 Å². The topological polar surface area (TPSA) is 92.4 Å². The van der Waals surface area contributed by atoms with Crippen molar-refractivity contribution < 1.29 is 14.7 Å². The summed E-state index contributed by atoms with van der Waals surface area (Å²) in [5.74, 6) is -1.18. The lowest BCUT2D eigenvalue weighted by Gasteiger charge is -2.26. The Balaban J connectivity index is 2.80. The van der Waals surface area contributed by atoms with Crippen LogP contribution in [-0.2, 0) is 4.79 Å². The first-order valence-electron chi connectivity index (χ1n) is 6.74. The predicted molar refractivity (Wildman–Crippen MR) is 78.6 cm³/mol. The molecule has 5 nitrogen and oxygen atoms in total. The van der Waals surface area contributed by atoms with Crippen LogP contribution in [0.25, 0.3) is 0 Å². The standard InChI is InChI=1S/C15H22N2O3/c1-4-15(5-2,14(19)20)9-17-13(18)11-7-6-10(3)12(16)8-11/h6-8H,4-5,9,16H2,1-3H3,(H,17,18)(H,19,20). The highest BCUT2D eigenvalue weighted by molar-refractivity contribution is 5.95. The number of nitrogens with two attached hydrogens (primary N) is 1. The van der Waals surface area contributed by atoms with Crippen molar-refractivity contribution in [3.05, 3.63) is 29.3 Å². The first kappa shape index (κ1) is 16.0. The quantitative estimate of drug-likeness (QED) is 0.695. The molecule has 1 aromatic rings. The van der Waals surface area contributed by atoms with E-state index >= 15 is 0 Å². The molecule has 0 aliphatic rings. The first-order chi connectivity index (χ1) is 9.36. The van der Waals surface area contributed by atoms with Gasteiger partial charge in [-0.3, -0.25) is 9.59 Å². The number of carbonyl (C=O) groups excluding carboxylic acids is 1. The highest BCUT2D eigenvalue weighted by Gasteiger charge is 2.35. The van der Waals surface area contributed by atoms with E-state index in [4.69, 9.17) is 5.73 Å². The Bertz CT molecular complexity index is 508. The van der Waals surface area contributed by atoms with Gasteiger partial charge in [-0.25, -0.2) is 0 Å². The number of nitrogen functional groups attached to an aromatic ring is 1. The van der Waals surface area contributed by atoms with Crippen LogP contribution in [0.4, 0.5) is 5.69 Å². The van der Waals surface area contributed by atoms with Crippen LogP contribution in [0.2, 0.25) is 0 Å². The van der Waals surface area contributed by atoms with Crippen LogP contribution >= 0.6 is 0 Å². The van der Waals surface area contributed by atoms with Crippen molar-refractivity contribution in [2.75, 3.05) is 12.3 Å². The largest absolute Gasteiger partial charge is 0.481 e. The summed E-state index contributed by atoms with van der Waals surface area (Å²) >= 11 is 0. The molecule has 0 radical (unpaired) electrons. The average molecular weight is 278 g/mol. The number of carbonyl (C=O) groups is 2. The SMILES string of the molecule is CCC(CC)(CNC(=O)c1ccc(C)c(N)c1)C(=O)O. The van der Waals surface area contributed by atoms with Crippen molar-refractivity contribution in [2.24, 2.45) is 5.41 Å². The van der Waals surface area contributed by atoms with Crippen molar-refractivity contribution in [1.29, 1.82) is 0 Å². The molecule has 0 atom stereocenters. The zero-order chi connectivity index (χ0) is 15.3. The number of hydrogen-bond donors (Lipinski definition) is 3. The van der Waals surface area contributed by atoms with Crippen molar-refractivity contribution in [2.45, 2.75) is 33.6 Å². The molecule has 0 spiro atoms. The second-order valence-corrected chi connectivity index (χ2v) is 5.05. The fourth-order valence-electron chi connectivity index (χ4n) is 2.01. The number of carboxylic acids is 1. The van der Waals surface area contributed by atoms with Crippen molar-refractivity contribution in [1.82, 2.24) is 5.32 Å². The maximum Gasteiger partial charge on any atom is 0.311 e. The van der Waals surface area contributed by atoms with Gasteiger partial charge < -0.3 is 16.2 Å². The summed E-state index contributed by atoms with van der Waals surface area (Å²) in [6.45, 7) is 5.60. The summed E-state index contributed by atoms with van der Waals surface area (Å²) < 4.78 is 0. The van der Waals surface area contributed by atoms with Gasteiger partial charge in [0.15, 0.2) is 0 Å². The number of aliphatic carboxylic acids is 1. The van der Waals surface area contributed by atoms with E-state index in [0.717, 1.165) is 5.56 Å². The van der Waals surface area contributed by atoms with Crippen LogP contribution < -0.4 is 11.1 Å². The minimum atomic E-state index is -0.911. The molecule has 4 N–H and O–H groups in total. The summed E-state index contributed by atoms with van der Waals surface area (Å²) in [5, 5.41) is 12.0. The fraction of sp³-hybridized carbons (Fsp3) is 0.467. The first-order valence-corrected chi connectivity index (χ1v) is 6.74. The van der Waals surface area contributed by atoms with E-state index in [1.54, 1.807) is 18.2 Å². The van der Waals surface area contributed by atoms with Gasteiger partial charge in [0, 0.05) is 17.8 Å². The van der Waals surface area contributed by atoms with Crippen LogP contribution in [0.3, 0.4) is 0 Å². The number of anilines is 1. The van der Waals surface area contributed by atoms with Gasteiger partial charge in [0.05, 0.1) is 5.41 Å². The van der Waals surface area contributed by atoms with E-state index in [0.29, 0.717) is 24.1 Å². The third kappa shape index (κ3) is 3.29. The van der Waals surface area contributed by atoms with Crippen molar-refractivity contribution >= 4 is 17.6 Å². The molecule has 0 aliphatic carbocycles. The lowest BCUT2D eigenvalue weighted by Crippen LogP contribution is -2.42. The fourth-order valence-corrected chi connectivity index (χ4v) is 2.01. The number of amides is 1. The van der Waals surface area contributed by atoms with Gasteiger partial charge in [0.25, 0.3) is 5.91 Å². The number of nitrogens with one attached hydrogen (secondary N) is 1. The molecule has 0 unspecified atom stereocenters. The summed E-state index contributed by atoms with van der Waals surface area (Å²) in [6, 6.07) is 5.06. The Hall–Kier alpha value is -2.04. The molecule has 0 saturated carbocycles. The van der Waals surface area contributed by atoms with Crippen LogP contribution in [0.1, 0.15) is 42.6 Å². The molecule has 0 aliphatic heterocycles. The number of aryl methyl sites for hydroxylation is 1. The third-order valence-electron chi connectivity index (χ3n) is 3.94.